The molecule has 2 N–H and O–H groups in total. The smallest absolute Gasteiger partial charge is 0.246 e. The van der Waals surface area contributed by atoms with Crippen LogP contribution < -0.4 is 15.5 Å². The Labute approximate surface area is 130 Å². The quantitative estimate of drug-likeness (QED) is 0.902. The number of halogens is 1. The predicted octanol–water partition coefficient (Wildman–Crippen LogP) is 3.03. The lowest BCUT2D eigenvalue weighted by Gasteiger charge is -2.21. The zero-order valence-corrected chi connectivity index (χ0v) is 13.5. The van der Waals surface area contributed by atoms with E-state index in [1.165, 1.54) is 0 Å². The van der Waals surface area contributed by atoms with Crippen LogP contribution in [0.3, 0.4) is 0 Å². The first-order chi connectivity index (χ1) is 10.0. The fraction of sp³-hybridized carbons (Fsp3) is 0.562. The van der Waals surface area contributed by atoms with Crippen molar-refractivity contribution >= 4 is 28.9 Å². The number of anilines is 2. The Bertz CT molecular complexity index is 565. The van der Waals surface area contributed by atoms with Crippen LogP contribution in [0.2, 0.25) is 5.02 Å². The first-order valence-electron chi connectivity index (χ1n) is 7.64. The summed E-state index contributed by atoms with van der Waals surface area (Å²) in [7, 11) is 0. The second kappa shape index (κ2) is 5.50. The maximum Gasteiger partial charge on any atom is 0.246 e. The molecule has 0 aliphatic carbocycles. The van der Waals surface area contributed by atoms with Crippen molar-refractivity contribution in [2.24, 2.45) is 11.8 Å². The van der Waals surface area contributed by atoms with Crippen LogP contribution in [0.1, 0.15) is 32.4 Å². The maximum atomic E-state index is 12.0. The number of carbonyl (C=O) groups excluding carboxylic acids is 1. The third-order valence-electron chi connectivity index (χ3n) is 4.69. The van der Waals surface area contributed by atoms with Crippen LogP contribution in [0, 0.1) is 11.8 Å². The molecular formula is C16H22ClN3O. The lowest BCUT2D eigenvalue weighted by atomic mass is 10.0. The Morgan fingerprint density at radius 1 is 1.33 bits per heavy atom. The summed E-state index contributed by atoms with van der Waals surface area (Å²) in [6.45, 7) is 9.32. The zero-order chi connectivity index (χ0) is 15.1. The highest BCUT2D eigenvalue weighted by Crippen LogP contribution is 2.40. The van der Waals surface area contributed by atoms with Gasteiger partial charge in [-0.25, -0.2) is 0 Å². The first-order valence-corrected chi connectivity index (χ1v) is 8.01. The standard InChI is InChI=1S/C16H22ClN3O/c1-4-18-15-11-5-12(17)14(6-13(11)19-16(15)21)20-7-9(2)10(3)8-20/h5-6,9-10,15,18H,4,7-8H2,1-3H3,(H,19,21). The molecule has 4 nitrogen and oxygen atoms in total. The summed E-state index contributed by atoms with van der Waals surface area (Å²) in [6.07, 6.45) is 0. The average Bonchev–Trinajstić information content (AvgIpc) is 2.91. The first kappa shape index (κ1) is 14.7. The summed E-state index contributed by atoms with van der Waals surface area (Å²) in [5, 5.41) is 6.89. The normalized spacial score (nSPS) is 27.9. The number of nitrogens with zero attached hydrogens (tertiary/aromatic N) is 1. The van der Waals surface area contributed by atoms with Gasteiger partial charge in [0.25, 0.3) is 0 Å². The molecule has 2 aliphatic rings. The van der Waals surface area contributed by atoms with Gasteiger partial charge in [-0.1, -0.05) is 32.4 Å². The van der Waals surface area contributed by atoms with Crippen molar-refractivity contribution in [2.75, 3.05) is 29.9 Å². The summed E-state index contributed by atoms with van der Waals surface area (Å²) in [6, 6.07) is 3.68. The minimum Gasteiger partial charge on any atom is -0.370 e. The molecular weight excluding hydrogens is 286 g/mol. The predicted molar refractivity (Wildman–Crippen MR) is 87.0 cm³/mol. The fourth-order valence-corrected chi connectivity index (χ4v) is 3.54. The number of amides is 1. The molecule has 0 saturated carbocycles. The van der Waals surface area contributed by atoms with Gasteiger partial charge in [-0.15, -0.1) is 0 Å². The Hall–Kier alpha value is -1.26. The van der Waals surface area contributed by atoms with E-state index in [4.69, 9.17) is 11.6 Å². The number of likely N-dealkylation sites (N-methyl/N-ethyl adjacent to an activating group) is 1. The van der Waals surface area contributed by atoms with Gasteiger partial charge in [0.1, 0.15) is 6.04 Å². The van der Waals surface area contributed by atoms with Crippen molar-refractivity contribution in [3.8, 4) is 0 Å². The van der Waals surface area contributed by atoms with Crippen molar-refractivity contribution in [1.29, 1.82) is 0 Å². The van der Waals surface area contributed by atoms with Gasteiger partial charge in [0.15, 0.2) is 0 Å². The number of fused-ring (bicyclic) bond motifs is 1. The minimum atomic E-state index is -0.284. The summed E-state index contributed by atoms with van der Waals surface area (Å²) >= 11 is 6.49. The van der Waals surface area contributed by atoms with E-state index in [0.29, 0.717) is 11.8 Å². The molecule has 0 spiro atoms. The van der Waals surface area contributed by atoms with E-state index in [2.05, 4.69) is 29.4 Å². The largest absolute Gasteiger partial charge is 0.370 e. The zero-order valence-electron chi connectivity index (χ0n) is 12.7. The van der Waals surface area contributed by atoms with Crippen LogP contribution >= 0.6 is 11.6 Å². The lowest BCUT2D eigenvalue weighted by Crippen LogP contribution is -2.27. The molecule has 2 aliphatic heterocycles. The van der Waals surface area contributed by atoms with Gasteiger partial charge < -0.3 is 15.5 Å². The van der Waals surface area contributed by atoms with Gasteiger partial charge in [0, 0.05) is 24.3 Å². The third kappa shape index (κ3) is 2.51. The number of rotatable bonds is 3. The van der Waals surface area contributed by atoms with E-state index in [0.717, 1.165) is 41.6 Å². The Balaban J connectivity index is 1.93. The van der Waals surface area contributed by atoms with Crippen molar-refractivity contribution in [3.05, 3.63) is 22.7 Å². The van der Waals surface area contributed by atoms with E-state index in [9.17, 15) is 4.79 Å². The van der Waals surface area contributed by atoms with E-state index >= 15 is 0 Å². The number of hydrogen-bond acceptors (Lipinski definition) is 3. The van der Waals surface area contributed by atoms with E-state index in [-0.39, 0.29) is 11.9 Å². The van der Waals surface area contributed by atoms with Crippen LogP contribution in [0.15, 0.2) is 12.1 Å². The molecule has 3 rings (SSSR count). The molecule has 0 aromatic heterocycles. The highest BCUT2D eigenvalue weighted by molar-refractivity contribution is 6.33. The monoisotopic (exact) mass is 307 g/mol. The molecule has 114 valence electrons. The molecule has 1 aromatic rings. The maximum absolute atomic E-state index is 12.0. The summed E-state index contributed by atoms with van der Waals surface area (Å²) in [5.41, 5.74) is 2.87. The molecule has 3 unspecified atom stereocenters. The molecule has 1 aromatic carbocycles. The van der Waals surface area contributed by atoms with Gasteiger partial charge in [-0.3, -0.25) is 4.79 Å². The van der Waals surface area contributed by atoms with Gasteiger partial charge >= 0.3 is 0 Å². The minimum absolute atomic E-state index is 0.00299. The van der Waals surface area contributed by atoms with Crippen LogP contribution in [-0.4, -0.2) is 25.5 Å². The van der Waals surface area contributed by atoms with E-state index in [1.807, 2.05) is 19.1 Å². The summed E-state index contributed by atoms with van der Waals surface area (Å²) < 4.78 is 0. The van der Waals surface area contributed by atoms with Gasteiger partial charge in [-0.2, -0.15) is 0 Å². The average molecular weight is 308 g/mol. The molecule has 3 atom stereocenters. The van der Waals surface area contributed by atoms with Crippen molar-refractivity contribution < 1.29 is 4.79 Å². The van der Waals surface area contributed by atoms with Gasteiger partial charge in [0.05, 0.1) is 10.7 Å². The molecule has 1 amide bonds. The molecule has 0 radical (unpaired) electrons. The molecule has 1 fully saturated rings. The Morgan fingerprint density at radius 2 is 2.00 bits per heavy atom. The molecule has 1 saturated heterocycles. The molecule has 5 heteroatoms. The highest BCUT2D eigenvalue weighted by atomic mass is 35.5. The number of hydrogen-bond donors (Lipinski definition) is 2. The van der Waals surface area contributed by atoms with Crippen molar-refractivity contribution in [2.45, 2.75) is 26.8 Å². The topological polar surface area (TPSA) is 44.4 Å². The molecule has 0 bridgehead atoms. The number of carbonyl (C=O) groups is 1. The fourth-order valence-electron chi connectivity index (χ4n) is 3.25. The van der Waals surface area contributed by atoms with Gasteiger partial charge in [0.2, 0.25) is 5.91 Å². The van der Waals surface area contributed by atoms with Crippen LogP contribution in [0.25, 0.3) is 0 Å². The molecule has 2 heterocycles. The van der Waals surface area contributed by atoms with Crippen LogP contribution in [0.5, 0.6) is 0 Å². The Morgan fingerprint density at radius 3 is 2.62 bits per heavy atom. The summed E-state index contributed by atoms with van der Waals surface area (Å²) in [5.74, 6) is 1.33. The lowest BCUT2D eigenvalue weighted by molar-refractivity contribution is -0.117. The third-order valence-corrected chi connectivity index (χ3v) is 4.99. The summed E-state index contributed by atoms with van der Waals surface area (Å²) in [4.78, 5) is 14.4. The SMILES string of the molecule is CCNC1C(=O)Nc2cc(N3CC(C)C(C)C3)c(Cl)cc21. The molecule has 21 heavy (non-hydrogen) atoms. The number of nitrogens with one attached hydrogen (secondary N) is 2. The van der Waals surface area contributed by atoms with Crippen LogP contribution in [-0.2, 0) is 4.79 Å². The second-order valence-corrected chi connectivity index (χ2v) is 6.64. The Kier molecular flexibility index (Phi) is 3.84. The van der Waals surface area contributed by atoms with Crippen molar-refractivity contribution in [1.82, 2.24) is 5.32 Å². The van der Waals surface area contributed by atoms with E-state index in [1.54, 1.807) is 0 Å². The second-order valence-electron chi connectivity index (χ2n) is 6.23. The van der Waals surface area contributed by atoms with Crippen molar-refractivity contribution in [3.63, 3.8) is 0 Å². The van der Waals surface area contributed by atoms with E-state index < -0.39 is 0 Å². The highest BCUT2D eigenvalue weighted by Gasteiger charge is 2.33. The van der Waals surface area contributed by atoms with Crippen LogP contribution in [0.4, 0.5) is 11.4 Å². The van der Waals surface area contributed by atoms with Gasteiger partial charge in [-0.05, 0) is 30.5 Å². The number of benzene rings is 1.